The number of hydrogen-bond acceptors (Lipinski definition) is 4. The van der Waals surface area contributed by atoms with Gasteiger partial charge in [-0.05, 0) is 25.8 Å². The normalized spacial score (nSPS) is 24.8. The number of benzene rings is 1. The van der Waals surface area contributed by atoms with Crippen molar-refractivity contribution in [3.63, 3.8) is 0 Å². The number of nitrogens with zero attached hydrogens (tertiary/aromatic N) is 1. The first kappa shape index (κ1) is 14.0. The monoisotopic (exact) mass is 311 g/mol. The number of fused-ring (bicyclic) bond motifs is 2. The molecule has 1 aromatic carbocycles. The van der Waals surface area contributed by atoms with Crippen LogP contribution in [0.15, 0.2) is 39.9 Å². The molecule has 118 valence electrons. The molecule has 2 heterocycles. The van der Waals surface area contributed by atoms with Crippen molar-refractivity contribution in [3.8, 4) is 0 Å². The van der Waals surface area contributed by atoms with Crippen LogP contribution in [-0.2, 0) is 5.54 Å². The van der Waals surface area contributed by atoms with E-state index in [1.54, 1.807) is 13.8 Å². The topological polar surface area (TPSA) is 84.0 Å². The molecule has 0 saturated heterocycles. The van der Waals surface area contributed by atoms with Gasteiger partial charge < -0.3 is 5.32 Å². The van der Waals surface area contributed by atoms with E-state index in [2.05, 4.69) is 10.3 Å². The van der Waals surface area contributed by atoms with E-state index in [4.69, 9.17) is 0 Å². The van der Waals surface area contributed by atoms with Crippen LogP contribution in [0.3, 0.4) is 0 Å². The quantitative estimate of drug-likeness (QED) is 0.883. The van der Waals surface area contributed by atoms with Crippen LogP contribution in [-0.4, -0.2) is 15.3 Å². The molecule has 6 heteroatoms. The standard InChI is InChI=1S/C17H17N3O3/c1-9(2)20-15(22)12-13(21)11-8-17(11,10-6-4-3-5-7-10)19-14(12)18-16(20)23/h3-7,9,11,19H,8H2,1-2H3,(H,18,23)/t11-,17?/m0/s1. The molecule has 2 aromatic rings. The van der Waals surface area contributed by atoms with E-state index in [1.807, 2.05) is 30.3 Å². The summed E-state index contributed by atoms with van der Waals surface area (Å²) in [5.41, 5.74) is -0.425. The van der Waals surface area contributed by atoms with Crippen LogP contribution in [0, 0.1) is 5.92 Å². The Morgan fingerprint density at radius 3 is 2.52 bits per heavy atom. The number of H-pyrrole nitrogens is 1. The summed E-state index contributed by atoms with van der Waals surface area (Å²) in [7, 11) is 0. The second-order valence-electron chi connectivity index (χ2n) is 6.53. The Morgan fingerprint density at radius 1 is 1.17 bits per heavy atom. The molecule has 0 bridgehead atoms. The van der Waals surface area contributed by atoms with E-state index >= 15 is 0 Å². The highest BCUT2D eigenvalue weighted by Crippen LogP contribution is 2.57. The van der Waals surface area contributed by atoms with E-state index in [0.29, 0.717) is 6.42 Å². The van der Waals surface area contributed by atoms with Crippen molar-refractivity contribution in [2.75, 3.05) is 5.32 Å². The third-order valence-electron chi connectivity index (χ3n) is 4.81. The molecule has 6 nitrogen and oxygen atoms in total. The molecule has 4 rings (SSSR count). The minimum atomic E-state index is -0.509. The van der Waals surface area contributed by atoms with Gasteiger partial charge in [0.05, 0.1) is 11.5 Å². The Hall–Kier alpha value is -2.63. The number of hydrogen-bond donors (Lipinski definition) is 2. The Labute approximate surface area is 132 Å². The average Bonchev–Trinajstić information content (AvgIpc) is 3.23. The first-order valence-electron chi connectivity index (χ1n) is 7.72. The summed E-state index contributed by atoms with van der Waals surface area (Å²) in [6.07, 6.45) is 0.633. The lowest BCUT2D eigenvalue weighted by Gasteiger charge is -2.26. The van der Waals surface area contributed by atoms with E-state index in [-0.39, 0.29) is 29.1 Å². The molecular weight excluding hydrogens is 294 g/mol. The third kappa shape index (κ3) is 1.78. The third-order valence-corrected chi connectivity index (χ3v) is 4.81. The van der Waals surface area contributed by atoms with Crippen molar-refractivity contribution in [1.82, 2.24) is 9.55 Å². The molecule has 1 unspecified atom stereocenters. The van der Waals surface area contributed by atoms with E-state index < -0.39 is 16.8 Å². The SMILES string of the molecule is CC(C)n1c(=O)[nH]c2c(c1=O)C(=O)[C@@H]1CC1(c1ccccc1)N2. The molecule has 23 heavy (non-hydrogen) atoms. The van der Waals surface area contributed by atoms with Crippen LogP contribution in [0.1, 0.15) is 42.2 Å². The molecule has 1 aliphatic heterocycles. The summed E-state index contributed by atoms with van der Waals surface area (Å²) >= 11 is 0. The van der Waals surface area contributed by atoms with Crippen molar-refractivity contribution in [3.05, 3.63) is 62.3 Å². The van der Waals surface area contributed by atoms with Gasteiger partial charge in [-0.25, -0.2) is 4.79 Å². The maximum atomic E-state index is 12.8. The highest BCUT2D eigenvalue weighted by atomic mass is 16.2. The van der Waals surface area contributed by atoms with Gasteiger partial charge in [0, 0.05) is 6.04 Å². The van der Waals surface area contributed by atoms with Crippen molar-refractivity contribution >= 4 is 11.6 Å². The Morgan fingerprint density at radius 2 is 1.87 bits per heavy atom. The van der Waals surface area contributed by atoms with Crippen molar-refractivity contribution in [1.29, 1.82) is 0 Å². The van der Waals surface area contributed by atoms with Gasteiger partial charge in [-0.2, -0.15) is 0 Å². The summed E-state index contributed by atoms with van der Waals surface area (Å²) in [6, 6.07) is 9.36. The lowest BCUT2D eigenvalue weighted by atomic mass is 9.94. The number of carbonyl (C=O) groups is 1. The molecule has 0 amide bonds. The molecule has 1 aromatic heterocycles. The zero-order valence-electron chi connectivity index (χ0n) is 12.9. The van der Waals surface area contributed by atoms with Crippen LogP contribution in [0.5, 0.6) is 0 Å². The second kappa shape index (κ2) is 4.44. The summed E-state index contributed by atoms with van der Waals surface area (Å²) in [5.74, 6) is -0.186. The van der Waals surface area contributed by atoms with E-state index in [9.17, 15) is 14.4 Å². The maximum absolute atomic E-state index is 12.8. The minimum Gasteiger partial charge on any atom is -0.360 e. The van der Waals surface area contributed by atoms with Gasteiger partial charge in [0.25, 0.3) is 5.56 Å². The van der Waals surface area contributed by atoms with Crippen LogP contribution in [0.2, 0.25) is 0 Å². The largest absolute Gasteiger partial charge is 0.360 e. The lowest BCUT2D eigenvalue weighted by molar-refractivity contribution is 0.0953. The highest BCUT2D eigenvalue weighted by molar-refractivity contribution is 6.07. The van der Waals surface area contributed by atoms with Crippen LogP contribution >= 0.6 is 0 Å². The fourth-order valence-corrected chi connectivity index (χ4v) is 3.58. The average molecular weight is 311 g/mol. The lowest BCUT2D eigenvalue weighted by Crippen LogP contribution is -2.44. The van der Waals surface area contributed by atoms with Gasteiger partial charge in [-0.1, -0.05) is 30.3 Å². The number of nitrogens with one attached hydrogen (secondary N) is 2. The predicted octanol–water partition coefficient (Wildman–Crippen LogP) is 1.64. The molecule has 2 atom stereocenters. The van der Waals surface area contributed by atoms with Crippen molar-refractivity contribution in [2.24, 2.45) is 5.92 Å². The van der Waals surface area contributed by atoms with E-state index in [0.717, 1.165) is 10.1 Å². The molecule has 2 aliphatic rings. The fraction of sp³-hybridized carbons (Fsp3) is 0.353. The molecule has 2 N–H and O–H groups in total. The van der Waals surface area contributed by atoms with Crippen molar-refractivity contribution in [2.45, 2.75) is 31.8 Å². The number of carbonyl (C=O) groups excluding carboxylic acids is 1. The number of rotatable bonds is 2. The first-order valence-corrected chi connectivity index (χ1v) is 7.72. The van der Waals surface area contributed by atoms with Gasteiger partial charge in [-0.3, -0.25) is 19.1 Å². The summed E-state index contributed by atoms with van der Waals surface area (Å²) < 4.78 is 1.09. The highest BCUT2D eigenvalue weighted by Gasteiger charge is 2.63. The van der Waals surface area contributed by atoms with Gasteiger partial charge in [-0.15, -0.1) is 0 Å². The van der Waals surface area contributed by atoms with Crippen molar-refractivity contribution < 1.29 is 4.79 Å². The molecule has 1 saturated carbocycles. The predicted molar refractivity (Wildman–Crippen MR) is 85.9 cm³/mol. The Bertz CT molecular complexity index is 926. The molecule has 1 fully saturated rings. The van der Waals surface area contributed by atoms with Crippen LogP contribution < -0.4 is 16.6 Å². The number of aromatic amines is 1. The number of Topliss-reactive ketones (excluding diaryl/α,β-unsaturated/α-hetero) is 1. The van der Waals surface area contributed by atoms with Gasteiger partial charge >= 0.3 is 5.69 Å². The summed E-state index contributed by atoms with van der Waals surface area (Å²) in [4.78, 5) is 40.2. The zero-order valence-corrected chi connectivity index (χ0v) is 12.9. The Kier molecular flexibility index (Phi) is 2.70. The summed E-state index contributed by atoms with van der Waals surface area (Å²) in [6.45, 7) is 3.49. The first-order chi connectivity index (χ1) is 11.0. The number of anilines is 1. The second-order valence-corrected chi connectivity index (χ2v) is 6.53. The van der Waals surface area contributed by atoms with E-state index in [1.165, 1.54) is 0 Å². The Balaban J connectivity index is 1.90. The van der Waals surface area contributed by atoms with Gasteiger partial charge in [0.15, 0.2) is 5.78 Å². The minimum absolute atomic E-state index is 0.0763. The number of ketones is 1. The molecular formula is C17H17N3O3. The van der Waals surface area contributed by atoms with Gasteiger partial charge in [0.2, 0.25) is 0 Å². The van der Waals surface area contributed by atoms with Crippen LogP contribution in [0.25, 0.3) is 0 Å². The summed E-state index contributed by atoms with van der Waals surface area (Å²) in [5, 5.41) is 3.25. The molecule has 1 aliphatic carbocycles. The molecule has 0 radical (unpaired) electrons. The number of aromatic nitrogens is 2. The molecule has 0 spiro atoms. The zero-order chi connectivity index (χ0) is 16.4. The smallest absolute Gasteiger partial charge is 0.330 e. The maximum Gasteiger partial charge on any atom is 0.330 e. The van der Waals surface area contributed by atoms with Crippen LogP contribution in [0.4, 0.5) is 5.82 Å². The fourth-order valence-electron chi connectivity index (χ4n) is 3.58. The van der Waals surface area contributed by atoms with Gasteiger partial charge in [0.1, 0.15) is 11.4 Å².